The Morgan fingerprint density at radius 3 is 2.36 bits per heavy atom. The van der Waals surface area contributed by atoms with Crippen molar-refractivity contribution in [2.24, 2.45) is 11.7 Å². The predicted octanol–water partition coefficient (Wildman–Crippen LogP) is -0.598. The molecule has 3 saturated heterocycles. The Labute approximate surface area is 67.2 Å². The first-order chi connectivity index (χ1) is 5.24. The Bertz CT molecular complexity index is 154. The lowest BCUT2D eigenvalue weighted by molar-refractivity contribution is -0.00274. The average Bonchev–Trinajstić information content (AvgIpc) is 2.06. The van der Waals surface area contributed by atoms with Gasteiger partial charge < -0.3 is 15.7 Å². The van der Waals surface area contributed by atoms with Gasteiger partial charge in [0.05, 0.1) is 12.1 Å². The maximum atomic E-state index is 9.12. The van der Waals surface area contributed by atoms with Crippen LogP contribution in [0.25, 0.3) is 0 Å². The van der Waals surface area contributed by atoms with E-state index >= 15 is 0 Å². The zero-order chi connectivity index (χ0) is 7.90. The van der Waals surface area contributed by atoms with Gasteiger partial charge in [-0.05, 0) is 31.8 Å². The van der Waals surface area contributed by atoms with E-state index < -0.39 is 0 Å². The molecule has 0 aromatic rings. The molecular formula is C8H16N2O. The summed E-state index contributed by atoms with van der Waals surface area (Å²) in [4.78, 5) is 2.36. The molecule has 2 bridgehead atoms. The molecule has 3 rings (SSSR count). The van der Waals surface area contributed by atoms with E-state index in [1.165, 1.54) is 25.9 Å². The second kappa shape index (κ2) is 2.44. The van der Waals surface area contributed by atoms with E-state index in [1.54, 1.807) is 0 Å². The molecule has 1 unspecified atom stereocenters. The minimum atomic E-state index is -0.281. The van der Waals surface area contributed by atoms with Crippen LogP contribution in [0, 0.1) is 5.92 Å². The second-order valence-corrected chi connectivity index (χ2v) is 3.94. The van der Waals surface area contributed by atoms with E-state index in [-0.39, 0.29) is 12.1 Å². The molecular weight excluding hydrogens is 140 g/mol. The molecule has 3 heterocycles. The fourth-order valence-electron chi connectivity index (χ4n) is 2.39. The van der Waals surface area contributed by atoms with Gasteiger partial charge in [0.25, 0.3) is 0 Å². The lowest BCUT2D eigenvalue weighted by Gasteiger charge is -2.50. The standard InChI is InChI=1S/C8H16N2O/c9-8(6-11)5-10-3-1-7(8)2-4-10/h7,11H,1-6,9H2. The molecule has 11 heavy (non-hydrogen) atoms. The Balaban J connectivity index is 2.13. The first kappa shape index (κ1) is 7.53. The molecule has 0 saturated carbocycles. The van der Waals surface area contributed by atoms with Crippen molar-refractivity contribution in [3.8, 4) is 0 Å². The Morgan fingerprint density at radius 1 is 1.45 bits per heavy atom. The zero-order valence-electron chi connectivity index (χ0n) is 6.79. The molecule has 3 fully saturated rings. The van der Waals surface area contributed by atoms with E-state index in [1.807, 2.05) is 0 Å². The normalized spacial score (nSPS) is 49.6. The largest absolute Gasteiger partial charge is 0.394 e. The molecule has 64 valence electrons. The van der Waals surface area contributed by atoms with Crippen molar-refractivity contribution in [1.82, 2.24) is 4.90 Å². The monoisotopic (exact) mass is 156 g/mol. The zero-order valence-corrected chi connectivity index (χ0v) is 6.79. The van der Waals surface area contributed by atoms with Gasteiger partial charge in [0.1, 0.15) is 0 Å². The predicted molar refractivity (Wildman–Crippen MR) is 43.2 cm³/mol. The van der Waals surface area contributed by atoms with Gasteiger partial charge in [0.2, 0.25) is 0 Å². The summed E-state index contributed by atoms with van der Waals surface area (Å²) in [5.41, 5.74) is 5.77. The highest BCUT2D eigenvalue weighted by molar-refractivity contribution is 5.01. The molecule has 3 heteroatoms. The lowest BCUT2D eigenvalue weighted by atomic mass is 9.74. The molecule has 0 amide bonds. The summed E-state index contributed by atoms with van der Waals surface area (Å²) in [6.07, 6.45) is 2.36. The van der Waals surface area contributed by atoms with Gasteiger partial charge in [-0.2, -0.15) is 0 Å². The first-order valence-corrected chi connectivity index (χ1v) is 4.37. The quantitative estimate of drug-likeness (QED) is 0.533. The fraction of sp³-hybridized carbons (Fsp3) is 1.00. The number of nitrogens with zero attached hydrogens (tertiary/aromatic N) is 1. The summed E-state index contributed by atoms with van der Waals surface area (Å²) >= 11 is 0. The third kappa shape index (κ3) is 1.08. The molecule has 0 aliphatic carbocycles. The molecule has 3 aliphatic rings. The molecule has 0 aromatic heterocycles. The van der Waals surface area contributed by atoms with Gasteiger partial charge in [-0.25, -0.2) is 0 Å². The number of hydrogen-bond acceptors (Lipinski definition) is 3. The van der Waals surface area contributed by atoms with Gasteiger partial charge in [-0.1, -0.05) is 0 Å². The maximum Gasteiger partial charge on any atom is 0.0626 e. The van der Waals surface area contributed by atoms with Gasteiger partial charge >= 0.3 is 0 Å². The van der Waals surface area contributed by atoms with Crippen LogP contribution < -0.4 is 5.73 Å². The number of aliphatic hydroxyl groups is 1. The summed E-state index contributed by atoms with van der Waals surface area (Å²) in [7, 11) is 0. The number of nitrogens with two attached hydrogens (primary N) is 1. The Hall–Kier alpha value is -0.120. The van der Waals surface area contributed by atoms with E-state index in [9.17, 15) is 0 Å². The van der Waals surface area contributed by atoms with Gasteiger partial charge in [-0.15, -0.1) is 0 Å². The molecule has 0 radical (unpaired) electrons. The van der Waals surface area contributed by atoms with Crippen molar-refractivity contribution in [1.29, 1.82) is 0 Å². The van der Waals surface area contributed by atoms with Crippen LogP contribution in [0.4, 0.5) is 0 Å². The molecule has 3 nitrogen and oxygen atoms in total. The van der Waals surface area contributed by atoms with Crippen LogP contribution in [0.2, 0.25) is 0 Å². The number of rotatable bonds is 1. The van der Waals surface area contributed by atoms with E-state index in [0.29, 0.717) is 5.92 Å². The van der Waals surface area contributed by atoms with Crippen LogP contribution in [0.3, 0.4) is 0 Å². The third-order valence-corrected chi connectivity index (χ3v) is 3.21. The maximum absolute atomic E-state index is 9.12. The number of fused-ring (bicyclic) bond motifs is 3. The van der Waals surface area contributed by atoms with Crippen LogP contribution in [-0.4, -0.2) is 41.8 Å². The van der Waals surface area contributed by atoms with E-state index in [4.69, 9.17) is 10.8 Å². The average molecular weight is 156 g/mol. The van der Waals surface area contributed by atoms with E-state index in [2.05, 4.69) is 4.90 Å². The molecule has 1 atom stereocenters. The minimum Gasteiger partial charge on any atom is -0.394 e. The van der Waals surface area contributed by atoms with Crippen LogP contribution in [0.1, 0.15) is 12.8 Å². The van der Waals surface area contributed by atoms with Crippen LogP contribution in [-0.2, 0) is 0 Å². The highest BCUT2D eigenvalue weighted by Gasteiger charge is 2.43. The minimum absolute atomic E-state index is 0.147. The third-order valence-electron chi connectivity index (χ3n) is 3.21. The summed E-state index contributed by atoms with van der Waals surface area (Å²) < 4.78 is 0. The Kier molecular flexibility index (Phi) is 1.67. The lowest BCUT2D eigenvalue weighted by Crippen LogP contribution is -2.65. The first-order valence-electron chi connectivity index (χ1n) is 4.37. The van der Waals surface area contributed by atoms with Crippen molar-refractivity contribution >= 4 is 0 Å². The number of hydrogen-bond donors (Lipinski definition) is 2. The van der Waals surface area contributed by atoms with Crippen molar-refractivity contribution in [2.75, 3.05) is 26.2 Å². The molecule has 3 N–H and O–H groups in total. The molecule has 0 aromatic carbocycles. The van der Waals surface area contributed by atoms with Crippen LogP contribution in [0.15, 0.2) is 0 Å². The van der Waals surface area contributed by atoms with Crippen LogP contribution >= 0.6 is 0 Å². The fourth-order valence-corrected chi connectivity index (χ4v) is 2.39. The Morgan fingerprint density at radius 2 is 2.09 bits per heavy atom. The summed E-state index contributed by atoms with van der Waals surface area (Å²) in [5, 5.41) is 9.12. The SMILES string of the molecule is NC1(CO)CN2CCC1CC2. The number of piperidine rings is 3. The van der Waals surface area contributed by atoms with Crippen molar-refractivity contribution in [3.05, 3.63) is 0 Å². The highest BCUT2D eigenvalue weighted by Crippen LogP contribution is 2.33. The van der Waals surface area contributed by atoms with Gasteiger partial charge in [0, 0.05) is 6.54 Å². The summed E-state index contributed by atoms with van der Waals surface area (Å²) in [6, 6.07) is 0. The van der Waals surface area contributed by atoms with Gasteiger partial charge in [0.15, 0.2) is 0 Å². The topological polar surface area (TPSA) is 49.5 Å². The van der Waals surface area contributed by atoms with Crippen molar-refractivity contribution < 1.29 is 5.11 Å². The molecule has 0 spiro atoms. The van der Waals surface area contributed by atoms with Gasteiger partial charge in [-0.3, -0.25) is 0 Å². The van der Waals surface area contributed by atoms with Crippen molar-refractivity contribution in [3.63, 3.8) is 0 Å². The highest BCUT2D eigenvalue weighted by atomic mass is 16.3. The van der Waals surface area contributed by atoms with Crippen LogP contribution in [0.5, 0.6) is 0 Å². The van der Waals surface area contributed by atoms with Crippen molar-refractivity contribution in [2.45, 2.75) is 18.4 Å². The molecule has 3 aliphatic heterocycles. The summed E-state index contributed by atoms with van der Waals surface area (Å²) in [5.74, 6) is 0.567. The number of aliphatic hydroxyl groups excluding tert-OH is 1. The smallest absolute Gasteiger partial charge is 0.0626 e. The summed E-state index contributed by atoms with van der Waals surface area (Å²) in [6.45, 7) is 3.41. The second-order valence-electron chi connectivity index (χ2n) is 3.94. The van der Waals surface area contributed by atoms with E-state index in [0.717, 1.165) is 6.54 Å².